The molecule has 0 aliphatic carbocycles. The predicted molar refractivity (Wildman–Crippen MR) is 104 cm³/mol. The van der Waals surface area contributed by atoms with Crippen molar-refractivity contribution in [1.29, 1.82) is 0 Å². The predicted octanol–water partition coefficient (Wildman–Crippen LogP) is 5.82. The molecule has 0 radical (unpaired) electrons. The highest BCUT2D eigenvalue weighted by molar-refractivity contribution is 7.99. The summed E-state index contributed by atoms with van der Waals surface area (Å²) >= 11 is 1.73. The number of aromatic nitrogens is 1. The fourth-order valence-electron chi connectivity index (χ4n) is 3.21. The Balaban J connectivity index is 1.60. The molecule has 0 bridgehead atoms. The van der Waals surface area contributed by atoms with Gasteiger partial charge in [-0.15, -0.1) is 0 Å². The maximum atomic E-state index is 5.57. The minimum atomic E-state index is 0.700. The molecule has 1 aromatic heterocycles. The normalized spacial score (nSPS) is 12.8. The van der Waals surface area contributed by atoms with Gasteiger partial charge in [-0.1, -0.05) is 48.2 Å². The standard InChI is InChI=1S/C21H16N2OS/c1-2-6-16(7-3-1)23-13-18(17-8-4-5-9-19(17)23)22-15-10-11-20-21(12-15)25-14-24-20/h1-13,22H,14H2. The van der Waals surface area contributed by atoms with Crippen molar-refractivity contribution in [2.24, 2.45) is 0 Å². The summed E-state index contributed by atoms with van der Waals surface area (Å²) in [6.07, 6.45) is 2.16. The van der Waals surface area contributed by atoms with E-state index in [0.29, 0.717) is 5.94 Å². The van der Waals surface area contributed by atoms with Gasteiger partial charge >= 0.3 is 0 Å². The van der Waals surface area contributed by atoms with Gasteiger partial charge in [-0.05, 0) is 36.4 Å². The number of thioether (sulfide) groups is 1. The molecule has 4 heteroatoms. The van der Waals surface area contributed by atoms with Crippen LogP contribution in [0.4, 0.5) is 11.4 Å². The minimum absolute atomic E-state index is 0.700. The Morgan fingerprint density at radius 3 is 2.68 bits per heavy atom. The summed E-state index contributed by atoms with van der Waals surface area (Å²) in [5, 5.41) is 4.78. The maximum absolute atomic E-state index is 5.57. The molecule has 0 unspecified atom stereocenters. The molecule has 0 spiro atoms. The van der Waals surface area contributed by atoms with Gasteiger partial charge < -0.3 is 14.6 Å². The van der Waals surface area contributed by atoms with E-state index < -0.39 is 0 Å². The van der Waals surface area contributed by atoms with Crippen LogP contribution >= 0.6 is 11.8 Å². The maximum Gasteiger partial charge on any atom is 0.138 e. The summed E-state index contributed by atoms with van der Waals surface area (Å²) in [5.41, 5.74) is 4.52. The molecule has 0 fully saturated rings. The zero-order chi connectivity index (χ0) is 16.6. The number of rotatable bonds is 3. The molecule has 3 aromatic carbocycles. The molecule has 122 valence electrons. The van der Waals surface area contributed by atoms with Crippen LogP contribution in [0.15, 0.2) is 83.9 Å². The lowest BCUT2D eigenvalue weighted by atomic mass is 10.2. The molecule has 0 atom stereocenters. The van der Waals surface area contributed by atoms with Crippen molar-refractivity contribution in [2.75, 3.05) is 11.3 Å². The van der Waals surface area contributed by atoms with Gasteiger partial charge in [0.1, 0.15) is 11.7 Å². The Labute approximate surface area is 150 Å². The van der Waals surface area contributed by atoms with Crippen molar-refractivity contribution >= 4 is 34.0 Å². The number of nitrogens with one attached hydrogen (secondary N) is 1. The fraction of sp³-hybridized carbons (Fsp3) is 0.0476. The van der Waals surface area contributed by atoms with Crippen LogP contribution in [0.5, 0.6) is 5.75 Å². The first kappa shape index (κ1) is 14.5. The number of para-hydroxylation sites is 2. The average molecular weight is 344 g/mol. The number of ether oxygens (including phenoxy) is 1. The van der Waals surface area contributed by atoms with Gasteiger partial charge in [-0.2, -0.15) is 0 Å². The third kappa shape index (κ3) is 2.55. The molecular weight excluding hydrogens is 328 g/mol. The average Bonchev–Trinajstić information content (AvgIpc) is 3.27. The summed E-state index contributed by atoms with van der Waals surface area (Å²) in [4.78, 5) is 1.19. The van der Waals surface area contributed by atoms with Gasteiger partial charge in [0, 0.05) is 23.0 Å². The number of benzene rings is 3. The summed E-state index contributed by atoms with van der Waals surface area (Å²) in [6, 6.07) is 25.1. The summed E-state index contributed by atoms with van der Waals surface area (Å²) in [6.45, 7) is 0. The van der Waals surface area contributed by atoms with E-state index in [1.165, 1.54) is 15.8 Å². The van der Waals surface area contributed by atoms with Crippen molar-refractivity contribution in [2.45, 2.75) is 4.90 Å². The molecule has 1 aliphatic rings. The third-order valence-electron chi connectivity index (χ3n) is 4.40. The van der Waals surface area contributed by atoms with Gasteiger partial charge in [-0.3, -0.25) is 0 Å². The molecule has 4 aromatic rings. The van der Waals surface area contributed by atoms with Crippen LogP contribution in [0.3, 0.4) is 0 Å². The molecule has 1 N–H and O–H groups in total. The molecule has 3 nitrogen and oxygen atoms in total. The van der Waals surface area contributed by atoms with Crippen molar-refractivity contribution in [1.82, 2.24) is 4.57 Å². The number of hydrogen-bond acceptors (Lipinski definition) is 3. The molecule has 25 heavy (non-hydrogen) atoms. The Kier molecular flexibility index (Phi) is 3.42. The molecular formula is C21H16N2OS. The quantitative estimate of drug-likeness (QED) is 0.507. The Bertz CT molecular complexity index is 1060. The highest BCUT2D eigenvalue weighted by Crippen LogP contribution is 2.39. The smallest absolute Gasteiger partial charge is 0.138 e. The summed E-state index contributed by atoms with van der Waals surface area (Å²) < 4.78 is 7.79. The third-order valence-corrected chi connectivity index (χ3v) is 5.26. The first-order valence-electron chi connectivity index (χ1n) is 8.21. The van der Waals surface area contributed by atoms with Gasteiger partial charge in [0.05, 0.1) is 16.1 Å². The number of hydrogen-bond donors (Lipinski definition) is 1. The van der Waals surface area contributed by atoms with Crippen LogP contribution in [0, 0.1) is 0 Å². The van der Waals surface area contributed by atoms with Gasteiger partial charge in [0.25, 0.3) is 0 Å². The van der Waals surface area contributed by atoms with Crippen LogP contribution in [0.25, 0.3) is 16.6 Å². The monoisotopic (exact) mass is 344 g/mol. The first-order chi connectivity index (χ1) is 12.4. The topological polar surface area (TPSA) is 26.2 Å². The molecule has 5 rings (SSSR count). The van der Waals surface area contributed by atoms with E-state index in [0.717, 1.165) is 22.8 Å². The fourth-order valence-corrected chi connectivity index (χ4v) is 4.00. The summed E-state index contributed by atoms with van der Waals surface area (Å²) in [5.74, 6) is 1.67. The van der Waals surface area contributed by atoms with E-state index in [1.54, 1.807) is 11.8 Å². The lowest BCUT2D eigenvalue weighted by Gasteiger charge is -2.06. The molecule has 1 aliphatic heterocycles. The van der Waals surface area contributed by atoms with Crippen LogP contribution in [0.1, 0.15) is 0 Å². The van der Waals surface area contributed by atoms with E-state index in [1.807, 2.05) is 12.1 Å². The van der Waals surface area contributed by atoms with Crippen LogP contribution < -0.4 is 10.1 Å². The molecule has 0 saturated heterocycles. The number of nitrogens with zero attached hydrogens (tertiary/aromatic N) is 1. The first-order valence-corrected chi connectivity index (χ1v) is 9.19. The second-order valence-corrected chi connectivity index (χ2v) is 6.92. The van der Waals surface area contributed by atoms with Crippen molar-refractivity contribution in [3.8, 4) is 11.4 Å². The molecule has 0 amide bonds. The van der Waals surface area contributed by atoms with Crippen molar-refractivity contribution in [3.63, 3.8) is 0 Å². The molecule has 0 saturated carbocycles. The molecule has 2 heterocycles. The van der Waals surface area contributed by atoms with Gasteiger partial charge in [0.15, 0.2) is 0 Å². The Morgan fingerprint density at radius 2 is 1.76 bits per heavy atom. The van der Waals surface area contributed by atoms with Crippen molar-refractivity contribution in [3.05, 3.63) is 79.0 Å². The van der Waals surface area contributed by atoms with Crippen molar-refractivity contribution < 1.29 is 4.74 Å². The highest BCUT2D eigenvalue weighted by Gasteiger charge is 2.14. The van der Waals surface area contributed by atoms with Gasteiger partial charge in [-0.25, -0.2) is 0 Å². The second-order valence-electron chi connectivity index (χ2n) is 5.96. The van der Waals surface area contributed by atoms with E-state index in [-0.39, 0.29) is 0 Å². The van der Waals surface area contributed by atoms with Crippen LogP contribution in [0.2, 0.25) is 0 Å². The van der Waals surface area contributed by atoms with E-state index in [4.69, 9.17) is 4.74 Å². The van der Waals surface area contributed by atoms with E-state index in [2.05, 4.69) is 76.7 Å². The second kappa shape index (κ2) is 5.90. The largest absolute Gasteiger partial charge is 0.481 e. The Hall–Kier alpha value is -2.85. The zero-order valence-electron chi connectivity index (χ0n) is 13.5. The lowest BCUT2D eigenvalue weighted by Crippen LogP contribution is -1.91. The summed E-state index contributed by atoms with van der Waals surface area (Å²) in [7, 11) is 0. The highest BCUT2D eigenvalue weighted by atomic mass is 32.2. The van der Waals surface area contributed by atoms with Gasteiger partial charge in [0.2, 0.25) is 0 Å². The van der Waals surface area contributed by atoms with E-state index in [9.17, 15) is 0 Å². The van der Waals surface area contributed by atoms with E-state index >= 15 is 0 Å². The van der Waals surface area contributed by atoms with Crippen LogP contribution in [-0.4, -0.2) is 10.5 Å². The number of anilines is 2. The number of fused-ring (bicyclic) bond motifs is 2. The lowest BCUT2D eigenvalue weighted by molar-refractivity contribution is 0.397. The minimum Gasteiger partial charge on any atom is -0.481 e. The zero-order valence-corrected chi connectivity index (χ0v) is 14.3. The SMILES string of the molecule is c1ccc(-n2cc(Nc3ccc4c(c3)SCO4)c3ccccc32)cc1. The van der Waals surface area contributed by atoms with Crippen LogP contribution in [-0.2, 0) is 0 Å². The Morgan fingerprint density at radius 1 is 0.920 bits per heavy atom.